The lowest BCUT2D eigenvalue weighted by molar-refractivity contribution is -0.660. The van der Waals surface area contributed by atoms with Gasteiger partial charge in [0.15, 0.2) is 6.20 Å². The average molecular weight is 365 g/mol. The summed E-state index contributed by atoms with van der Waals surface area (Å²) in [5, 5.41) is 0. The highest BCUT2D eigenvalue weighted by Gasteiger charge is 2.57. The van der Waals surface area contributed by atoms with Crippen molar-refractivity contribution in [1.29, 1.82) is 0 Å². The fourth-order valence-corrected chi connectivity index (χ4v) is 4.78. The van der Waals surface area contributed by atoms with Gasteiger partial charge >= 0.3 is 0 Å². The molecule has 0 saturated heterocycles. The van der Waals surface area contributed by atoms with E-state index in [0.717, 1.165) is 0 Å². The van der Waals surface area contributed by atoms with E-state index >= 15 is 0 Å². The zero-order valence-corrected chi connectivity index (χ0v) is 19.3. The Morgan fingerprint density at radius 3 is 1.85 bits per heavy atom. The SMILES string of the molecule is Cc1cc2c(cc1-c1cc(C(C)(C)C)cc[n+]1C)C(C)(C)C(C)(C)C2(C)C. The van der Waals surface area contributed by atoms with Crippen molar-refractivity contribution in [2.75, 3.05) is 0 Å². The van der Waals surface area contributed by atoms with Gasteiger partial charge in [0.2, 0.25) is 5.69 Å². The van der Waals surface area contributed by atoms with Crippen LogP contribution in [0.2, 0.25) is 0 Å². The van der Waals surface area contributed by atoms with Crippen molar-refractivity contribution in [2.24, 2.45) is 12.5 Å². The number of aromatic nitrogens is 1. The van der Waals surface area contributed by atoms with Gasteiger partial charge in [0.05, 0.1) is 0 Å². The minimum absolute atomic E-state index is 0.133. The molecule has 0 radical (unpaired) electrons. The second kappa shape index (κ2) is 5.69. The topological polar surface area (TPSA) is 3.88 Å². The van der Waals surface area contributed by atoms with Gasteiger partial charge < -0.3 is 0 Å². The van der Waals surface area contributed by atoms with Crippen molar-refractivity contribution in [1.82, 2.24) is 0 Å². The number of fused-ring (bicyclic) bond motifs is 1. The molecule has 0 amide bonds. The molecule has 3 rings (SSSR count). The van der Waals surface area contributed by atoms with Crippen molar-refractivity contribution in [2.45, 2.75) is 85.5 Å². The number of nitrogens with zero attached hydrogens (tertiary/aromatic N) is 1. The molecule has 27 heavy (non-hydrogen) atoms. The Morgan fingerprint density at radius 2 is 1.33 bits per heavy atom. The second-order valence-corrected chi connectivity index (χ2v) is 11.2. The molecule has 0 atom stereocenters. The van der Waals surface area contributed by atoms with Crippen LogP contribution in [-0.4, -0.2) is 0 Å². The molecule has 0 unspecified atom stereocenters. The molecule has 1 heteroatoms. The van der Waals surface area contributed by atoms with Crippen molar-refractivity contribution in [3.63, 3.8) is 0 Å². The molecular weight excluding hydrogens is 326 g/mol. The smallest absolute Gasteiger partial charge is 0.201 e. The molecule has 1 heterocycles. The Balaban J connectivity index is 2.29. The number of hydrogen-bond donors (Lipinski definition) is 0. The maximum absolute atomic E-state index is 2.49. The monoisotopic (exact) mass is 364 g/mol. The van der Waals surface area contributed by atoms with E-state index in [1.54, 1.807) is 0 Å². The normalized spacial score (nSPS) is 19.8. The zero-order chi connectivity index (χ0) is 20.6. The van der Waals surface area contributed by atoms with Crippen LogP contribution in [0.15, 0.2) is 30.5 Å². The Morgan fingerprint density at radius 1 is 0.815 bits per heavy atom. The molecule has 0 spiro atoms. The van der Waals surface area contributed by atoms with Crippen LogP contribution in [0.1, 0.15) is 84.6 Å². The largest absolute Gasteiger partial charge is 0.212 e. The van der Waals surface area contributed by atoms with Gasteiger partial charge in [0.1, 0.15) is 7.05 Å². The molecule has 0 bridgehead atoms. The third-order valence-electron chi connectivity index (χ3n) is 8.13. The number of hydrogen-bond acceptors (Lipinski definition) is 0. The van der Waals surface area contributed by atoms with Crippen LogP contribution in [0.3, 0.4) is 0 Å². The first-order valence-electron chi connectivity index (χ1n) is 10.3. The van der Waals surface area contributed by atoms with Gasteiger partial charge in [-0.2, -0.15) is 0 Å². The standard InChI is InChI=1S/C26H38N/c1-17-14-20-21(25(7,8)26(9,10)24(20,5)6)16-19(17)22-15-18(23(2,3)4)12-13-27(22)11/h12-16H,1-11H3/q+1. The Hall–Kier alpha value is -1.63. The molecule has 0 N–H and O–H groups in total. The number of pyridine rings is 1. The maximum atomic E-state index is 2.49. The average Bonchev–Trinajstić information content (AvgIpc) is 2.62. The van der Waals surface area contributed by atoms with Crippen LogP contribution in [0.5, 0.6) is 0 Å². The summed E-state index contributed by atoms with van der Waals surface area (Å²) < 4.78 is 2.27. The van der Waals surface area contributed by atoms with Gasteiger partial charge in [-0.15, -0.1) is 0 Å². The van der Waals surface area contributed by atoms with Crippen LogP contribution in [0.4, 0.5) is 0 Å². The summed E-state index contributed by atoms with van der Waals surface area (Å²) in [5.74, 6) is 0. The van der Waals surface area contributed by atoms with Crippen molar-refractivity contribution < 1.29 is 4.57 Å². The first-order valence-corrected chi connectivity index (χ1v) is 10.3. The Labute approximate surface area is 166 Å². The van der Waals surface area contributed by atoms with E-state index in [1.165, 1.54) is 33.5 Å². The van der Waals surface area contributed by atoms with E-state index in [9.17, 15) is 0 Å². The minimum Gasteiger partial charge on any atom is -0.201 e. The summed E-state index contributed by atoms with van der Waals surface area (Å²) in [6.45, 7) is 23.7. The number of rotatable bonds is 1. The molecule has 1 aliphatic carbocycles. The highest BCUT2D eigenvalue weighted by atomic mass is 14.9. The molecule has 1 aromatic heterocycles. The maximum Gasteiger partial charge on any atom is 0.212 e. The van der Waals surface area contributed by atoms with E-state index < -0.39 is 0 Å². The van der Waals surface area contributed by atoms with E-state index in [-0.39, 0.29) is 21.7 Å². The number of aryl methyl sites for hydroxylation is 2. The Bertz CT molecular complexity index is 905. The Kier molecular flexibility index (Phi) is 4.24. The van der Waals surface area contributed by atoms with Crippen LogP contribution in [0, 0.1) is 12.3 Å². The molecule has 1 aromatic carbocycles. The van der Waals surface area contributed by atoms with E-state index in [2.05, 4.69) is 111 Å². The molecule has 1 aliphatic rings. The fourth-order valence-electron chi connectivity index (χ4n) is 4.78. The summed E-state index contributed by atoms with van der Waals surface area (Å²) in [4.78, 5) is 0. The molecule has 0 fully saturated rings. The summed E-state index contributed by atoms with van der Waals surface area (Å²) in [7, 11) is 2.16. The van der Waals surface area contributed by atoms with Gasteiger partial charge in [-0.25, -0.2) is 4.57 Å². The highest BCUT2D eigenvalue weighted by molar-refractivity contribution is 5.67. The molecular formula is C26H38N+. The van der Waals surface area contributed by atoms with Crippen molar-refractivity contribution in [3.05, 3.63) is 52.7 Å². The van der Waals surface area contributed by atoms with E-state index in [0.29, 0.717) is 0 Å². The zero-order valence-electron chi connectivity index (χ0n) is 19.3. The van der Waals surface area contributed by atoms with Crippen molar-refractivity contribution >= 4 is 0 Å². The summed E-state index contributed by atoms with van der Waals surface area (Å²) in [6.07, 6.45) is 2.21. The molecule has 1 nitrogen and oxygen atoms in total. The third-order valence-corrected chi connectivity index (χ3v) is 8.13. The van der Waals surface area contributed by atoms with Crippen molar-refractivity contribution in [3.8, 4) is 11.3 Å². The first kappa shape index (κ1) is 20.1. The lowest BCUT2D eigenvalue weighted by atomic mass is 9.59. The van der Waals surface area contributed by atoms with E-state index in [1.807, 2.05) is 0 Å². The van der Waals surface area contributed by atoms with Gasteiger partial charge in [-0.3, -0.25) is 0 Å². The van der Waals surface area contributed by atoms with Crippen LogP contribution in [0.25, 0.3) is 11.3 Å². The number of benzene rings is 1. The first-order chi connectivity index (χ1) is 12.1. The summed E-state index contributed by atoms with van der Waals surface area (Å²) in [6, 6.07) is 9.59. The molecule has 2 aromatic rings. The molecule has 0 aliphatic heterocycles. The predicted octanol–water partition coefficient (Wildman–Crippen LogP) is 6.38. The summed E-state index contributed by atoms with van der Waals surface area (Å²) in [5.41, 5.74) is 9.10. The second-order valence-electron chi connectivity index (χ2n) is 11.2. The molecule has 146 valence electrons. The van der Waals surface area contributed by atoms with Gasteiger partial charge in [0, 0.05) is 17.7 Å². The highest BCUT2D eigenvalue weighted by Crippen LogP contribution is 2.62. The third kappa shape index (κ3) is 2.69. The van der Waals surface area contributed by atoms with Gasteiger partial charge in [-0.1, -0.05) is 68.4 Å². The predicted molar refractivity (Wildman–Crippen MR) is 116 cm³/mol. The van der Waals surface area contributed by atoms with Gasteiger partial charge in [-0.05, 0) is 56.9 Å². The minimum atomic E-state index is 0.133. The van der Waals surface area contributed by atoms with Gasteiger partial charge in [0.25, 0.3) is 0 Å². The quantitative estimate of drug-likeness (QED) is 0.517. The fraction of sp³-hybridized carbons (Fsp3) is 0.577. The van der Waals surface area contributed by atoms with Crippen LogP contribution >= 0.6 is 0 Å². The lowest BCUT2D eigenvalue weighted by Gasteiger charge is -2.44. The van der Waals surface area contributed by atoms with E-state index in [4.69, 9.17) is 0 Å². The molecule has 0 saturated carbocycles. The summed E-state index contributed by atoms with van der Waals surface area (Å²) >= 11 is 0. The van der Waals surface area contributed by atoms with Crippen LogP contribution < -0.4 is 4.57 Å². The van der Waals surface area contributed by atoms with Crippen LogP contribution in [-0.2, 0) is 23.3 Å². The lowest BCUT2D eigenvalue weighted by Crippen LogP contribution is -2.42.